The summed E-state index contributed by atoms with van der Waals surface area (Å²) >= 11 is 0. The highest BCUT2D eigenvalue weighted by Gasteiger charge is 2.28. The van der Waals surface area contributed by atoms with Gasteiger partial charge in [0, 0.05) is 12.6 Å². The van der Waals surface area contributed by atoms with E-state index in [2.05, 4.69) is 10.0 Å². The number of sulfonamides is 1. The molecule has 31 heavy (non-hydrogen) atoms. The molecule has 1 fully saturated rings. The van der Waals surface area contributed by atoms with Crippen LogP contribution in [0.2, 0.25) is 0 Å². The minimum Gasteiger partial charge on any atom is -0.497 e. The maximum absolute atomic E-state index is 12.4. The summed E-state index contributed by atoms with van der Waals surface area (Å²) in [5.41, 5.74) is 1.10. The molecule has 8 nitrogen and oxygen atoms in total. The van der Waals surface area contributed by atoms with E-state index in [-0.39, 0.29) is 16.5 Å². The smallest absolute Gasteiger partial charge is 0.338 e. The number of carbonyl (C=O) groups excluding carboxylic acids is 2. The Labute approximate surface area is 182 Å². The lowest BCUT2D eigenvalue weighted by molar-refractivity contribution is -0.129. The molecule has 0 bridgehead atoms. The van der Waals surface area contributed by atoms with Gasteiger partial charge in [0.25, 0.3) is 5.91 Å². The second kappa shape index (κ2) is 9.93. The zero-order valence-corrected chi connectivity index (χ0v) is 18.3. The average Bonchev–Trinajstić information content (AvgIpc) is 3.57. The first-order chi connectivity index (χ1) is 14.8. The van der Waals surface area contributed by atoms with Gasteiger partial charge in [0.15, 0.2) is 6.10 Å². The van der Waals surface area contributed by atoms with E-state index >= 15 is 0 Å². The molecule has 1 saturated carbocycles. The number of carbonyl (C=O) groups is 2. The van der Waals surface area contributed by atoms with Crippen molar-refractivity contribution >= 4 is 21.9 Å². The molecule has 0 spiro atoms. The predicted octanol–water partition coefficient (Wildman–Crippen LogP) is 2.04. The number of amides is 1. The number of hydrogen-bond donors (Lipinski definition) is 2. The lowest BCUT2D eigenvalue weighted by atomic mass is 10.1. The summed E-state index contributed by atoms with van der Waals surface area (Å²) in [6.45, 7) is 1.85. The average molecular weight is 447 g/mol. The standard InChI is InChI=1S/C22H26N2O6S/c1-15(21(25)23-13-12-16-6-10-19(29-2)11-7-16)30-22(26)17-4-3-5-20(14-17)31(27,28)24-18-8-9-18/h3-7,10-11,14-15,18,24H,8-9,12-13H2,1-2H3,(H,23,25). The van der Waals surface area contributed by atoms with Crippen molar-refractivity contribution in [2.75, 3.05) is 13.7 Å². The molecule has 2 aromatic carbocycles. The third kappa shape index (κ3) is 6.53. The molecule has 0 heterocycles. The predicted molar refractivity (Wildman–Crippen MR) is 114 cm³/mol. The highest BCUT2D eigenvalue weighted by atomic mass is 32.2. The third-order valence-electron chi connectivity index (χ3n) is 4.80. The van der Waals surface area contributed by atoms with Crippen molar-refractivity contribution in [2.24, 2.45) is 0 Å². The topological polar surface area (TPSA) is 111 Å². The first kappa shape index (κ1) is 22.8. The van der Waals surface area contributed by atoms with Crippen molar-refractivity contribution in [3.63, 3.8) is 0 Å². The summed E-state index contributed by atoms with van der Waals surface area (Å²) in [5, 5.41) is 2.73. The third-order valence-corrected chi connectivity index (χ3v) is 6.32. The number of rotatable bonds is 10. The first-order valence-electron chi connectivity index (χ1n) is 10.0. The van der Waals surface area contributed by atoms with Crippen molar-refractivity contribution < 1.29 is 27.5 Å². The number of benzene rings is 2. The van der Waals surface area contributed by atoms with Crippen LogP contribution in [0.15, 0.2) is 53.4 Å². The summed E-state index contributed by atoms with van der Waals surface area (Å²) in [4.78, 5) is 24.6. The molecule has 9 heteroatoms. The van der Waals surface area contributed by atoms with Gasteiger partial charge >= 0.3 is 5.97 Å². The van der Waals surface area contributed by atoms with Crippen LogP contribution < -0.4 is 14.8 Å². The Kier molecular flexibility index (Phi) is 7.29. The summed E-state index contributed by atoms with van der Waals surface area (Å²) in [6, 6.07) is 13.1. The number of methoxy groups -OCH3 is 1. The normalized spacial score (nSPS) is 14.5. The first-order valence-corrected chi connectivity index (χ1v) is 11.5. The summed E-state index contributed by atoms with van der Waals surface area (Å²) < 4.78 is 37.5. The zero-order valence-electron chi connectivity index (χ0n) is 17.5. The number of nitrogens with one attached hydrogen (secondary N) is 2. The molecular formula is C22H26N2O6S. The Morgan fingerprint density at radius 1 is 1.13 bits per heavy atom. The van der Waals surface area contributed by atoms with Crippen LogP contribution in [0.25, 0.3) is 0 Å². The van der Waals surface area contributed by atoms with Crippen molar-refractivity contribution in [2.45, 2.75) is 43.2 Å². The van der Waals surface area contributed by atoms with Crippen LogP contribution in [0, 0.1) is 0 Å². The lowest BCUT2D eigenvalue weighted by Crippen LogP contribution is -2.37. The molecule has 3 rings (SSSR count). The van der Waals surface area contributed by atoms with Gasteiger partial charge in [0.05, 0.1) is 17.6 Å². The molecule has 2 N–H and O–H groups in total. The molecule has 0 saturated heterocycles. The highest BCUT2D eigenvalue weighted by molar-refractivity contribution is 7.89. The van der Waals surface area contributed by atoms with Crippen molar-refractivity contribution in [3.05, 3.63) is 59.7 Å². The maximum Gasteiger partial charge on any atom is 0.338 e. The fourth-order valence-electron chi connectivity index (χ4n) is 2.83. The highest BCUT2D eigenvalue weighted by Crippen LogP contribution is 2.22. The van der Waals surface area contributed by atoms with E-state index < -0.39 is 28.0 Å². The van der Waals surface area contributed by atoms with E-state index in [9.17, 15) is 18.0 Å². The fourth-order valence-corrected chi connectivity index (χ4v) is 4.18. The van der Waals surface area contributed by atoms with Gasteiger partial charge in [-0.1, -0.05) is 18.2 Å². The van der Waals surface area contributed by atoms with Crippen molar-refractivity contribution in [3.8, 4) is 5.75 Å². The monoisotopic (exact) mass is 446 g/mol. The quantitative estimate of drug-likeness (QED) is 0.541. The van der Waals surface area contributed by atoms with Gasteiger partial charge in [-0.3, -0.25) is 4.79 Å². The SMILES string of the molecule is COc1ccc(CCNC(=O)C(C)OC(=O)c2cccc(S(=O)(=O)NC3CC3)c2)cc1. The number of ether oxygens (including phenoxy) is 2. The van der Waals surface area contributed by atoms with Gasteiger partial charge in [-0.2, -0.15) is 0 Å². The Hall–Kier alpha value is -2.91. The van der Waals surface area contributed by atoms with Gasteiger partial charge in [0.1, 0.15) is 5.75 Å². The van der Waals surface area contributed by atoms with Gasteiger partial charge in [-0.25, -0.2) is 17.9 Å². The van der Waals surface area contributed by atoms with Crippen LogP contribution in [0.1, 0.15) is 35.7 Å². The Bertz CT molecular complexity index is 1030. The Balaban J connectivity index is 1.51. The minimum atomic E-state index is -3.69. The van der Waals surface area contributed by atoms with Crippen molar-refractivity contribution in [1.29, 1.82) is 0 Å². The van der Waals surface area contributed by atoms with Crippen LogP contribution >= 0.6 is 0 Å². The zero-order chi connectivity index (χ0) is 22.4. The fraction of sp³-hybridized carbons (Fsp3) is 0.364. The number of hydrogen-bond acceptors (Lipinski definition) is 6. The molecule has 1 aliphatic carbocycles. The molecule has 2 aromatic rings. The van der Waals surface area contributed by atoms with E-state index in [4.69, 9.17) is 9.47 Å². The summed E-state index contributed by atoms with van der Waals surface area (Å²) in [7, 11) is -2.09. The summed E-state index contributed by atoms with van der Waals surface area (Å²) in [5.74, 6) is -0.434. The molecular weight excluding hydrogens is 420 g/mol. The van der Waals surface area contributed by atoms with Crippen LogP contribution in [0.5, 0.6) is 5.75 Å². The maximum atomic E-state index is 12.4. The van der Waals surface area contributed by atoms with E-state index in [1.165, 1.54) is 31.2 Å². The molecule has 166 valence electrons. The van der Waals surface area contributed by atoms with E-state index in [1.807, 2.05) is 24.3 Å². The largest absolute Gasteiger partial charge is 0.497 e. The second-order valence-corrected chi connectivity index (χ2v) is 9.07. The van der Waals surface area contributed by atoms with Crippen LogP contribution in [-0.4, -0.2) is 46.1 Å². The van der Waals surface area contributed by atoms with Gasteiger partial charge < -0.3 is 14.8 Å². The van der Waals surface area contributed by atoms with Gasteiger partial charge in [0.2, 0.25) is 10.0 Å². The lowest BCUT2D eigenvalue weighted by Gasteiger charge is -2.14. The van der Waals surface area contributed by atoms with Gasteiger partial charge in [-0.15, -0.1) is 0 Å². The molecule has 1 amide bonds. The molecule has 1 aliphatic rings. The molecule has 0 radical (unpaired) electrons. The molecule has 0 aliphatic heterocycles. The molecule has 1 unspecified atom stereocenters. The van der Waals surface area contributed by atoms with Crippen LogP contribution in [0.4, 0.5) is 0 Å². The number of esters is 1. The molecule has 0 aromatic heterocycles. The summed E-state index contributed by atoms with van der Waals surface area (Å²) in [6.07, 6.45) is 1.22. The Morgan fingerprint density at radius 2 is 1.84 bits per heavy atom. The van der Waals surface area contributed by atoms with Crippen molar-refractivity contribution in [1.82, 2.24) is 10.0 Å². The van der Waals surface area contributed by atoms with Gasteiger partial charge in [-0.05, 0) is 62.1 Å². The second-order valence-electron chi connectivity index (χ2n) is 7.36. The Morgan fingerprint density at radius 3 is 2.48 bits per heavy atom. The minimum absolute atomic E-state index is 0.00885. The van der Waals surface area contributed by atoms with Crippen LogP contribution in [-0.2, 0) is 26.0 Å². The van der Waals surface area contributed by atoms with E-state index in [1.54, 1.807) is 7.11 Å². The molecule has 1 atom stereocenters. The van der Waals surface area contributed by atoms with Crippen LogP contribution in [0.3, 0.4) is 0 Å². The van der Waals surface area contributed by atoms with E-state index in [0.29, 0.717) is 13.0 Å². The van der Waals surface area contributed by atoms with E-state index in [0.717, 1.165) is 24.2 Å².